The number of amides is 1. The van der Waals surface area contributed by atoms with Gasteiger partial charge in [-0.05, 0) is 36.2 Å². The van der Waals surface area contributed by atoms with E-state index < -0.39 is 6.10 Å². The first-order valence-electron chi connectivity index (χ1n) is 9.76. The van der Waals surface area contributed by atoms with Crippen LogP contribution in [0.5, 0.6) is 0 Å². The lowest BCUT2D eigenvalue weighted by molar-refractivity contribution is -0.139. The van der Waals surface area contributed by atoms with E-state index in [9.17, 15) is 9.90 Å². The molecule has 2 fully saturated rings. The molecule has 7 heteroatoms. The van der Waals surface area contributed by atoms with Gasteiger partial charge in [0.2, 0.25) is 0 Å². The molecule has 4 atom stereocenters. The number of fused-ring (bicyclic) bond motifs is 2. The summed E-state index contributed by atoms with van der Waals surface area (Å²) in [6, 6.07) is 2.38. The van der Waals surface area contributed by atoms with E-state index in [0.29, 0.717) is 25.6 Å². The highest BCUT2D eigenvalue weighted by Crippen LogP contribution is 2.58. The summed E-state index contributed by atoms with van der Waals surface area (Å²) in [6.07, 6.45) is 5.09. The Morgan fingerprint density at radius 2 is 2.04 bits per heavy atom. The predicted octanol–water partition coefficient (Wildman–Crippen LogP) is 2.18. The van der Waals surface area contributed by atoms with Gasteiger partial charge in [-0.1, -0.05) is 20.8 Å². The van der Waals surface area contributed by atoms with Crippen molar-refractivity contribution in [3.05, 3.63) is 18.6 Å². The van der Waals surface area contributed by atoms with E-state index in [1.54, 1.807) is 6.33 Å². The second kappa shape index (κ2) is 6.19. The van der Waals surface area contributed by atoms with Gasteiger partial charge in [-0.2, -0.15) is 0 Å². The fraction of sp³-hybridized carbons (Fsp3) is 0.650. The van der Waals surface area contributed by atoms with Crippen molar-refractivity contribution < 1.29 is 9.90 Å². The van der Waals surface area contributed by atoms with Crippen molar-refractivity contribution in [3.63, 3.8) is 0 Å². The Hall–Kier alpha value is -2.15. The largest absolute Gasteiger partial charge is 0.383 e. The van der Waals surface area contributed by atoms with Crippen LogP contribution in [0.25, 0.3) is 11.0 Å². The van der Waals surface area contributed by atoms with Crippen LogP contribution in [0.15, 0.2) is 18.6 Å². The van der Waals surface area contributed by atoms with E-state index in [0.717, 1.165) is 29.7 Å². The van der Waals surface area contributed by atoms with E-state index in [-0.39, 0.29) is 16.7 Å². The lowest BCUT2D eigenvalue weighted by Gasteiger charge is -2.31. The fourth-order valence-electron chi connectivity index (χ4n) is 5.14. The highest BCUT2D eigenvalue weighted by atomic mass is 16.3. The van der Waals surface area contributed by atoms with Gasteiger partial charge in [0.05, 0.1) is 5.39 Å². The van der Waals surface area contributed by atoms with Crippen molar-refractivity contribution in [2.24, 2.45) is 10.8 Å². The molecule has 1 aliphatic heterocycles. The topological polar surface area (TPSA) is 85.3 Å². The van der Waals surface area contributed by atoms with Gasteiger partial charge >= 0.3 is 0 Å². The molecule has 0 radical (unpaired) electrons. The first-order chi connectivity index (χ1) is 12.8. The van der Waals surface area contributed by atoms with Crippen LogP contribution in [0.1, 0.15) is 40.0 Å². The van der Waals surface area contributed by atoms with Gasteiger partial charge in [-0.25, -0.2) is 9.97 Å². The van der Waals surface area contributed by atoms with Crippen molar-refractivity contribution in [2.75, 3.05) is 25.0 Å². The zero-order chi connectivity index (χ0) is 19.4. The Morgan fingerprint density at radius 3 is 2.67 bits per heavy atom. The molecule has 146 valence electrons. The van der Waals surface area contributed by atoms with Crippen molar-refractivity contribution in [1.29, 1.82) is 0 Å². The third-order valence-electron chi connectivity index (χ3n) is 7.11. The number of likely N-dealkylation sites (tertiary alicyclic amines) is 1. The zero-order valence-electron chi connectivity index (χ0n) is 16.6. The Kier molecular flexibility index (Phi) is 4.18. The standard InChI is InChI=1S/C20H29N5O2/c1-5-15(26)18(27)25-10-19(2)8-13(9-20(19,3)11-25)24(4)17-14-6-7-21-16(14)22-12-23-17/h6-7,12-13,15,26H,5,8-11H2,1-4H3,(H,21,22,23)/t13-,15-,19+,20-/m1/s1. The molecule has 27 heavy (non-hydrogen) atoms. The predicted molar refractivity (Wildman–Crippen MR) is 104 cm³/mol. The summed E-state index contributed by atoms with van der Waals surface area (Å²) in [5, 5.41) is 11.0. The molecule has 2 aromatic rings. The van der Waals surface area contributed by atoms with Crippen LogP contribution in [0, 0.1) is 10.8 Å². The molecule has 0 bridgehead atoms. The van der Waals surface area contributed by atoms with Crippen LogP contribution >= 0.6 is 0 Å². The van der Waals surface area contributed by atoms with Gasteiger partial charge in [0.25, 0.3) is 5.91 Å². The number of hydrogen-bond donors (Lipinski definition) is 2. The third-order valence-corrected chi connectivity index (χ3v) is 7.11. The number of aliphatic hydroxyl groups excluding tert-OH is 1. The molecule has 2 aliphatic rings. The lowest BCUT2D eigenvalue weighted by atomic mass is 9.71. The number of hydrogen-bond acceptors (Lipinski definition) is 5. The lowest BCUT2D eigenvalue weighted by Crippen LogP contribution is -2.40. The van der Waals surface area contributed by atoms with Gasteiger partial charge < -0.3 is 19.9 Å². The molecular formula is C20H29N5O2. The molecule has 1 saturated heterocycles. The maximum Gasteiger partial charge on any atom is 0.251 e. The maximum absolute atomic E-state index is 12.5. The SMILES string of the molecule is CC[C@@H](O)C(=O)N1C[C@]2(C)C[C@@H](N(C)c3ncnc4[nH]ccc34)C[C@]2(C)C1. The molecule has 1 amide bonds. The number of rotatable bonds is 4. The van der Waals surface area contributed by atoms with Crippen molar-refractivity contribution in [2.45, 2.75) is 52.2 Å². The molecule has 7 nitrogen and oxygen atoms in total. The minimum atomic E-state index is -0.877. The maximum atomic E-state index is 12.5. The number of carbonyl (C=O) groups excluding carboxylic acids is 1. The molecular weight excluding hydrogens is 342 g/mol. The quantitative estimate of drug-likeness (QED) is 0.860. The molecule has 0 spiro atoms. The Balaban J connectivity index is 1.55. The number of anilines is 1. The molecule has 1 saturated carbocycles. The average Bonchev–Trinajstić information content (AvgIpc) is 3.28. The van der Waals surface area contributed by atoms with E-state index in [1.165, 1.54) is 0 Å². The average molecular weight is 371 g/mol. The first kappa shape index (κ1) is 18.2. The number of nitrogens with one attached hydrogen (secondary N) is 1. The minimum Gasteiger partial charge on any atom is -0.383 e. The van der Waals surface area contributed by atoms with Gasteiger partial charge in [-0.15, -0.1) is 0 Å². The van der Waals surface area contributed by atoms with E-state index in [1.807, 2.05) is 24.1 Å². The number of aliphatic hydroxyl groups is 1. The molecule has 2 N–H and O–H groups in total. The zero-order valence-corrected chi connectivity index (χ0v) is 16.6. The normalized spacial score (nSPS) is 31.3. The Labute approximate surface area is 159 Å². The summed E-state index contributed by atoms with van der Waals surface area (Å²) in [7, 11) is 2.11. The van der Waals surface area contributed by atoms with Crippen LogP contribution in [-0.4, -0.2) is 63.1 Å². The number of H-pyrrole nitrogens is 1. The number of nitrogens with zero attached hydrogens (tertiary/aromatic N) is 4. The molecule has 0 unspecified atom stereocenters. The van der Waals surface area contributed by atoms with Crippen LogP contribution in [0.4, 0.5) is 5.82 Å². The number of carbonyl (C=O) groups is 1. The molecule has 4 rings (SSSR count). The first-order valence-corrected chi connectivity index (χ1v) is 9.76. The number of aromatic amines is 1. The Bertz CT molecular complexity index is 847. The number of aromatic nitrogens is 3. The summed E-state index contributed by atoms with van der Waals surface area (Å²) >= 11 is 0. The van der Waals surface area contributed by atoms with Gasteiger partial charge in [0, 0.05) is 32.4 Å². The van der Waals surface area contributed by atoms with Gasteiger partial charge in [0.15, 0.2) is 0 Å². The third kappa shape index (κ3) is 2.71. The van der Waals surface area contributed by atoms with Crippen molar-refractivity contribution in [1.82, 2.24) is 19.9 Å². The van der Waals surface area contributed by atoms with E-state index >= 15 is 0 Å². The molecule has 3 heterocycles. The minimum absolute atomic E-state index is 0.0410. The van der Waals surface area contributed by atoms with E-state index in [2.05, 4.69) is 40.7 Å². The summed E-state index contributed by atoms with van der Waals surface area (Å²) < 4.78 is 0. The van der Waals surface area contributed by atoms with Gasteiger partial charge in [-0.3, -0.25) is 4.79 Å². The second-order valence-electron chi connectivity index (χ2n) is 8.85. The fourth-order valence-corrected chi connectivity index (χ4v) is 5.14. The monoisotopic (exact) mass is 371 g/mol. The van der Waals surface area contributed by atoms with Crippen LogP contribution in [0.3, 0.4) is 0 Å². The summed E-state index contributed by atoms with van der Waals surface area (Å²) in [5.41, 5.74) is 0.936. The highest BCUT2D eigenvalue weighted by molar-refractivity contribution is 5.87. The molecule has 1 aliphatic carbocycles. The van der Waals surface area contributed by atoms with Crippen molar-refractivity contribution in [3.8, 4) is 0 Å². The summed E-state index contributed by atoms with van der Waals surface area (Å²) in [6.45, 7) is 7.86. The van der Waals surface area contributed by atoms with Crippen molar-refractivity contribution >= 4 is 22.8 Å². The van der Waals surface area contributed by atoms with Crippen LogP contribution in [0.2, 0.25) is 0 Å². The van der Waals surface area contributed by atoms with Gasteiger partial charge in [0.1, 0.15) is 23.9 Å². The van der Waals surface area contributed by atoms with E-state index in [4.69, 9.17) is 0 Å². The Morgan fingerprint density at radius 1 is 1.37 bits per heavy atom. The second-order valence-corrected chi connectivity index (χ2v) is 8.85. The smallest absolute Gasteiger partial charge is 0.251 e. The highest BCUT2D eigenvalue weighted by Gasteiger charge is 2.59. The summed E-state index contributed by atoms with van der Waals surface area (Å²) in [4.78, 5) is 28.6. The molecule has 2 aromatic heterocycles. The van der Waals surface area contributed by atoms with Crippen LogP contribution in [-0.2, 0) is 4.79 Å². The summed E-state index contributed by atoms with van der Waals surface area (Å²) in [5.74, 6) is 0.830. The molecule has 0 aromatic carbocycles. The van der Waals surface area contributed by atoms with Crippen LogP contribution < -0.4 is 4.90 Å².